The summed E-state index contributed by atoms with van der Waals surface area (Å²) in [5.41, 5.74) is 0. The molecule has 1 heterocycles. The second kappa shape index (κ2) is 6.54. The summed E-state index contributed by atoms with van der Waals surface area (Å²) in [5, 5.41) is 19.0. The van der Waals surface area contributed by atoms with Crippen LogP contribution in [0.15, 0.2) is 30.3 Å². The molecule has 0 aromatic heterocycles. The Labute approximate surface area is 112 Å². The number of aliphatic hydroxyl groups is 1. The summed E-state index contributed by atoms with van der Waals surface area (Å²) in [5.74, 6) is -0.105. The molecule has 0 radical (unpaired) electrons. The molecule has 2 N–H and O–H groups in total. The molecule has 1 aliphatic rings. The molecule has 0 saturated carbocycles. The lowest BCUT2D eigenvalue weighted by molar-refractivity contribution is -0.142. The third kappa shape index (κ3) is 3.94. The number of benzene rings is 1. The number of rotatable bonds is 6. The maximum atomic E-state index is 11.0. The number of likely N-dealkylation sites (tertiary alicyclic amines) is 1. The van der Waals surface area contributed by atoms with Gasteiger partial charge in [0.2, 0.25) is 0 Å². The lowest BCUT2D eigenvalue weighted by Gasteiger charge is -2.24. The van der Waals surface area contributed by atoms with E-state index in [1.54, 1.807) is 4.90 Å². The molecule has 2 rings (SSSR count). The number of ether oxygens (including phenoxy) is 1. The van der Waals surface area contributed by atoms with Crippen LogP contribution in [0.3, 0.4) is 0 Å². The number of hydrogen-bond donors (Lipinski definition) is 2. The van der Waals surface area contributed by atoms with E-state index >= 15 is 0 Å². The number of carboxylic acid groups (broad SMARTS) is 1. The third-order valence-corrected chi connectivity index (χ3v) is 3.28. The highest BCUT2D eigenvalue weighted by atomic mass is 16.5. The molecule has 1 saturated heterocycles. The molecule has 2 atom stereocenters. The van der Waals surface area contributed by atoms with Crippen LogP contribution < -0.4 is 4.74 Å². The van der Waals surface area contributed by atoms with Gasteiger partial charge in [0.1, 0.15) is 24.5 Å². The van der Waals surface area contributed by atoms with Crippen molar-refractivity contribution in [1.82, 2.24) is 4.90 Å². The quantitative estimate of drug-likeness (QED) is 0.802. The molecule has 0 aliphatic carbocycles. The average molecular weight is 265 g/mol. The lowest BCUT2D eigenvalue weighted by Crippen LogP contribution is -2.42. The highest BCUT2D eigenvalue weighted by Crippen LogP contribution is 2.17. The van der Waals surface area contributed by atoms with Gasteiger partial charge in [-0.2, -0.15) is 0 Å². The van der Waals surface area contributed by atoms with E-state index < -0.39 is 18.1 Å². The number of hydrogen-bond acceptors (Lipinski definition) is 4. The first-order valence-corrected chi connectivity index (χ1v) is 6.49. The Hall–Kier alpha value is -1.59. The van der Waals surface area contributed by atoms with Gasteiger partial charge in [0, 0.05) is 6.54 Å². The summed E-state index contributed by atoms with van der Waals surface area (Å²) in [6.45, 7) is 1.23. The van der Waals surface area contributed by atoms with Crippen LogP contribution in [0.5, 0.6) is 5.75 Å². The first-order chi connectivity index (χ1) is 9.16. The van der Waals surface area contributed by atoms with Gasteiger partial charge in [0.15, 0.2) is 0 Å². The number of aliphatic hydroxyl groups excluding tert-OH is 1. The number of carbonyl (C=O) groups is 1. The van der Waals surface area contributed by atoms with Crippen molar-refractivity contribution in [3.05, 3.63) is 30.3 Å². The van der Waals surface area contributed by atoms with Crippen molar-refractivity contribution in [2.75, 3.05) is 19.7 Å². The van der Waals surface area contributed by atoms with Crippen LogP contribution in [-0.4, -0.2) is 52.9 Å². The third-order valence-electron chi connectivity index (χ3n) is 3.28. The van der Waals surface area contributed by atoms with Crippen LogP contribution in [0, 0.1) is 0 Å². The molecular weight excluding hydrogens is 246 g/mol. The van der Waals surface area contributed by atoms with Gasteiger partial charge in [-0.3, -0.25) is 9.69 Å². The van der Waals surface area contributed by atoms with Gasteiger partial charge in [-0.15, -0.1) is 0 Å². The van der Waals surface area contributed by atoms with Gasteiger partial charge in [-0.25, -0.2) is 0 Å². The Morgan fingerprint density at radius 3 is 2.84 bits per heavy atom. The Morgan fingerprint density at radius 2 is 2.16 bits per heavy atom. The van der Waals surface area contributed by atoms with Gasteiger partial charge in [-0.05, 0) is 31.5 Å². The van der Waals surface area contributed by atoms with Gasteiger partial charge >= 0.3 is 5.97 Å². The number of para-hydroxylation sites is 1. The Morgan fingerprint density at radius 1 is 1.42 bits per heavy atom. The summed E-state index contributed by atoms with van der Waals surface area (Å²) in [6.07, 6.45) is 0.838. The summed E-state index contributed by atoms with van der Waals surface area (Å²) in [4.78, 5) is 12.8. The maximum absolute atomic E-state index is 11.0. The van der Waals surface area contributed by atoms with E-state index in [1.165, 1.54) is 0 Å². The topological polar surface area (TPSA) is 70.0 Å². The first kappa shape index (κ1) is 13.8. The zero-order valence-electron chi connectivity index (χ0n) is 10.7. The Bertz CT molecular complexity index is 409. The second-order valence-electron chi connectivity index (χ2n) is 4.77. The average Bonchev–Trinajstić information content (AvgIpc) is 2.86. The molecular formula is C14H19NO4. The molecule has 19 heavy (non-hydrogen) atoms. The van der Waals surface area contributed by atoms with Crippen LogP contribution in [0.4, 0.5) is 0 Å². The van der Waals surface area contributed by atoms with E-state index in [0.29, 0.717) is 18.7 Å². The lowest BCUT2D eigenvalue weighted by atomic mass is 10.2. The van der Waals surface area contributed by atoms with Crippen LogP contribution in [0.2, 0.25) is 0 Å². The van der Waals surface area contributed by atoms with E-state index in [1.807, 2.05) is 30.3 Å². The van der Waals surface area contributed by atoms with Crippen LogP contribution >= 0.6 is 0 Å². The fourth-order valence-corrected chi connectivity index (χ4v) is 2.36. The summed E-state index contributed by atoms with van der Waals surface area (Å²) in [7, 11) is 0. The SMILES string of the molecule is O=C(O)[C@@H]1CCCN1C[C@H](O)COc1ccccc1. The normalized spacial score (nSPS) is 21.2. The van der Waals surface area contributed by atoms with E-state index in [4.69, 9.17) is 9.84 Å². The van der Waals surface area contributed by atoms with Gasteiger partial charge < -0.3 is 14.9 Å². The van der Waals surface area contributed by atoms with Crippen molar-refractivity contribution >= 4 is 5.97 Å². The highest BCUT2D eigenvalue weighted by Gasteiger charge is 2.31. The molecule has 0 bridgehead atoms. The summed E-state index contributed by atoms with van der Waals surface area (Å²) >= 11 is 0. The van der Waals surface area contributed by atoms with E-state index in [2.05, 4.69) is 0 Å². The standard InChI is InChI=1S/C14H19NO4/c16-11(10-19-12-5-2-1-3-6-12)9-15-8-4-7-13(15)14(17)18/h1-3,5-6,11,13,16H,4,7-10H2,(H,17,18)/t11-,13-/m0/s1. The largest absolute Gasteiger partial charge is 0.491 e. The first-order valence-electron chi connectivity index (χ1n) is 6.49. The van der Waals surface area contributed by atoms with E-state index in [-0.39, 0.29) is 6.61 Å². The number of β-amino-alcohol motifs (C(OH)–C–C–N with tert-alkyl or cyclic N) is 1. The molecule has 1 aliphatic heterocycles. The number of aliphatic carboxylic acids is 1. The van der Waals surface area contributed by atoms with Crippen molar-refractivity contribution in [3.63, 3.8) is 0 Å². The second-order valence-corrected chi connectivity index (χ2v) is 4.77. The molecule has 0 spiro atoms. The van der Waals surface area contributed by atoms with Crippen LogP contribution in [0.1, 0.15) is 12.8 Å². The molecule has 0 unspecified atom stereocenters. The van der Waals surface area contributed by atoms with Gasteiger partial charge in [0.05, 0.1) is 0 Å². The van der Waals surface area contributed by atoms with Gasteiger partial charge in [-0.1, -0.05) is 18.2 Å². The number of carboxylic acids is 1. The molecule has 1 fully saturated rings. The molecule has 5 nitrogen and oxygen atoms in total. The monoisotopic (exact) mass is 265 g/mol. The van der Waals surface area contributed by atoms with E-state index in [0.717, 1.165) is 13.0 Å². The Balaban J connectivity index is 1.78. The van der Waals surface area contributed by atoms with Crippen molar-refractivity contribution in [2.24, 2.45) is 0 Å². The fraction of sp³-hybridized carbons (Fsp3) is 0.500. The number of nitrogens with zero attached hydrogens (tertiary/aromatic N) is 1. The van der Waals surface area contributed by atoms with Crippen molar-refractivity contribution in [1.29, 1.82) is 0 Å². The van der Waals surface area contributed by atoms with Gasteiger partial charge in [0.25, 0.3) is 0 Å². The highest BCUT2D eigenvalue weighted by molar-refractivity contribution is 5.73. The molecule has 5 heteroatoms. The minimum atomic E-state index is -0.811. The van der Waals surface area contributed by atoms with E-state index in [9.17, 15) is 9.90 Å². The maximum Gasteiger partial charge on any atom is 0.320 e. The molecule has 1 aromatic carbocycles. The predicted molar refractivity (Wildman–Crippen MR) is 70.2 cm³/mol. The van der Waals surface area contributed by atoms with Crippen molar-refractivity contribution in [2.45, 2.75) is 25.0 Å². The summed E-state index contributed by atoms with van der Waals surface area (Å²) < 4.78 is 5.45. The summed E-state index contributed by atoms with van der Waals surface area (Å²) in [6, 6.07) is 8.80. The fourth-order valence-electron chi connectivity index (χ4n) is 2.36. The minimum absolute atomic E-state index is 0.173. The van der Waals surface area contributed by atoms with Crippen LogP contribution in [-0.2, 0) is 4.79 Å². The zero-order valence-corrected chi connectivity index (χ0v) is 10.7. The zero-order chi connectivity index (χ0) is 13.7. The Kier molecular flexibility index (Phi) is 4.76. The molecule has 0 amide bonds. The van der Waals surface area contributed by atoms with Crippen LogP contribution in [0.25, 0.3) is 0 Å². The molecule has 1 aromatic rings. The minimum Gasteiger partial charge on any atom is -0.491 e. The smallest absolute Gasteiger partial charge is 0.320 e. The predicted octanol–water partition coefficient (Wildman–Crippen LogP) is 0.975. The van der Waals surface area contributed by atoms with Crippen molar-refractivity contribution in [3.8, 4) is 5.75 Å². The van der Waals surface area contributed by atoms with Crippen molar-refractivity contribution < 1.29 is 19.7 Å². The molecule has 104 valence electrons.